The average Bonchev–Trinajstić information content (AvgIpc) is 3.19. The Labute approximate surface area is 149 Å². The van der Waals surface area contributed by atoms with E-state index in [9.17, 15) is 27.5 Å². The zero-order valence-corrected chi connectivity index (χ0v) is 13.5. The maximum atomic E-state index is 13.3. The van der Waals surface area contributed by atoms with E-state index in [1.165, 1.54) is 6.07 Å². The largest absolute Gasteiger partial charge is 0.574 e. The van der Waals surface area contributed by atoms with Crippen LogP contribution in [0.15, 0.2) is 29.0 Å². The van der Waals surface area contributed by atoms with Crippen LogP contribution in [0, 0.1) is 0 Å². The van der Waals surface area contributed by atoms with Gasteiger partial charge in [0.05, 0.1) is 19.3 Å². The molecule has 1 saturated heterocycles. The van der Waals surface area contributed by atoms with Crippen molar-refractivity contribution in [1.82, 2.24) is 14.9 Å². The van der Waals surface area contributed by atoms with Crippen molar-refractivity contribution in [2.75, 3.05) is 13.1 Å². The SMILES string of the molecule is O=C(c1coc(COc2ccc(OC(F)(F)F)nc2)n1)N1CC(O)C(F)C1. The van der Waals surface area contributed by atoms with Gasteiger partial charge in [0, 0.05) is 6.07 Å². The number of aromatic nitrogens is 2. The molecule has 0 aromatic carbocycles. The van der Waals surface area contributed by atoms with Gasteiger partial charge in [0.1, 0.15) is 24.3 Å². The number of aliphatic hydroxyl groups excluding tert-OH is 1. The van der Waals surface area contributed by atoms with Crippen LogP contribution in [0.5, 0.6) is 11.6 Å². The van der Waals surface area contributed by atoms with Gasteiger partial charge in [-0.25, -0.2) is 14.4 Å². The predicted molar refractivity (Wildman–Crippen MR) is 78.6 cm³/mol. The third-order valence-electron chi connectivity index (χ3n) is 3.57. The van der Waals surface area contributed by atoms with Crippen LogP contribution in [0.3, 0.4) is 0 Å². The molecule has 0 spiro atoms. The molecule has 1 fully saturated rings. The number of carbonyl (C=O) groups is 1. The Morgan fingerprint density at radius 3 is 2.74 bits per heavy atom. The summed E-state index contributed by atoms with van der Waals surface area (Å²) in [5, 5.41) is 9.35. The summed E-state index contributed by atoms with van der Waals surface area (Å²) in [6, 6.07) is 2.18. The molecule has 0 aliphatic carbocycles. The summed E-state index contributed by atoms with van der Waals surface area (Å²) in [6.45, 7) is -0.601. The van der Waals surface area contributed by atoms with Gasteiger partial charge in [-0.3, -0.25) is 4.79 Å². The molecule has 3 heterocycles. The highest BCUT2D eigenvalue weighted by molar-refractivity contribution is 5.92. The van der Waals surface area contributed by atoms with Gasteiger partial charge < -0.3 is 23.9 Å². The van der Waals surface area contributed by atoms with Crippen molar-refractivity contribution >= 4 is 5.91 Å². The zero-order valence-electron chi connectivity index (χ0n) is 13.5. The predicted octanol–water partition coefficient (Wildman–Crippen LogP) is 1.70. The Hall–Kier alpha value is -2.89. The second kappa shape index (κ2) is 7.39. The molecule has 2 aromatic heterocycles. The molecule has 27 heavy (non-hydrogen) atoms. The number of nitrogens with zero attached hydrogens (tertiary/aromatic N) is 3. The molecule has 146 valence electrons. The van der Waals surface area contributed by atoms with Crippen LogP contribution in [0.25, 0.3) is 0 Å². The van der Waals surface area contributed by atoms with E-state index < -0.39 is 30.4 Å². The van der Waals surface area contributed by atoms with E-state index >= 15 is 0 Å². The maximum Gasteiger partial charge on any atom is 0.574 e. The van der Waals surface area contributed by atoms with E-state index in [0.717, 1.165) is 23.4 Å². The van der Waals surface area contributed by atoms with E-state index in [4.69, 9.17) is 9.15 Å². The minimum Gasteiger partial charge on any atom is -0.482 e. The normalized spacial score (nSPS) is 20.0. The summed E-state index contributed by atoms with van der Waals surface area (Å²) in [4.78, 5) is 20.6. The number of aliphatic hydroxyl groups is 1. The van der Waals surface area contributed by atoms with Crippen molar-refractivity contribution in [2.24, 2.45) is 0 Å². The molecule has 2 aromatic rings. The molecule has 1 aliphatic rings. The second-order valence-corrected chi connectivity index (χ2v) is 5.59. The molecule has 2 atom stereocenters. The van der Waals surface area contributed by atoms with Crippen LogP contribution in [-0.2, 0) is 6.61 Å². The van der Waals surface area contributed by atoms with Gasteiger partial charge in [0.25, 0.3) is 5.91 Å². The van der Waals surface area contributed by atoms with Gasteiger partial charge >= 0.3 is 6.36 Å². The van der Waals surface area contributed by atoms with Gasteiger partial charge in [0.15, 0.2) is 12.3 Å². The molecule has 12 heteroatoms. The third kappa shape index (κ3) is 4.84. The summed E-state index contributed by atoms with van der Waals surface area (Å²) < 4.78 is 63.4. The van der Waals surface area contributed by atoms with Crippen molar-refractivity contribution in [2.45, 2.75) is 25.2 Å². The highest BCUT2D eigenvalue weighted by atomic mass is 19.4. The Balaban J connectivity index is 1.54. The smallest absolute Gasteiger partial charge is 0.482 e. The lowest BCUT2D eigenvalue weighted by Gasteiger charge is -2.12. The molecular formula is C15H13F4N3O5. The first-order valence-corrected chi connectivity index (χ1v) is 7.61. The molecular weight excluding hydrogens is 378 g/mol. The summed E-state index contributed by atoms with van der Waals surface area (Å²) in [5.41, 5.74) is -0.0815. The third-order valence-corrected chi connectivity index (χ3v) is 3.57. The van der Waals surface area contributed by atoms with E-state index in [1.54, 1.807) is 0 Å². The van der Waals surface area contributed by atoms with Gasteiger partial charge in [-0.05, 0) is 6.07 Å². The van der Waals surface area contributed by atoms with Crippen molar-refractivity contribution in [1.29, 1.82) is 0 Å². The molecule has 3 rings (SSSR count). The Morgan fingerprint density at radius 1 is 1.37 bits per heavy atom. The number of amides is 1. The molecule has 1 aliphatic heterocycles. The first-order valence-electron chi connectivity index (χ1n) is 7.61. The number of pyridine rings is 1. The average molecular weight is 391 g/mol. The molecule has 0 bridgehead atoms. The number of hydrogen-bond acceptors (Lipinski definition) is 7. The number of halogens is 4. The molecule has 1 N–H and O–H groups in total. The number of likely N-dealkylation sites (tertiary alicyclic amines) is 1. The van der Waals surface area contributed by atoms with E-state index in [-0.39, 0.29) is 37.0 Å². The molecule has 1 amide bonds. The van der Waals surface area contributed by atoms with Crippen LogP contribution in [-0.4, -0.2) is 57.6 Å². The Morgan fingerprint density at radius 2 is 2.15 bits per heavy atom. The van der Waals surface area contributed by atoms with Crippen molar-refractivity contribution in [3.63, 3.8) is 0 Å². The number of oxazole rings is 1. The van der Waals surface area contributed by atoms with Crippen LogP contribution in [0.4, 0.5) is 17.6 Å². The quantitative estimate of drug-likeness (QED) is 0.775. The number of hydrogen-bond donors (Lipinski definition) is 1. The van der Waals surface area contributed by atoms with Crippen molar-refractivity contribution in [3.8, 4) is 11.6 Å². The lowest BCUT2D eigenvalue weighted by Crippen LogP contribution is -2.29. The number of carbonyl (C=O) groups excluding carboxylic acids is 1. The highest BCUT2D eigenvalue weighted by Crippen LogP contribution is 2.22. The summed E-state index contributed by atoms with van der Waals surface area (Å²) in [7, 11) is 0. The summed E-state index contributed by atoms with van der Waals surface area (Å²) in [6.07, 6.45) is -5.51. The van der Waals surface area contributed by atoms with Gasteiger partial charge in [-0.1, -0.05) is 0 Å². The monoisotopic (exact) mass is 391 g/mol. The molecule has 0 saturated carbocycles. The second-order valence-electron chi connectivity index (χ2n) is 5.59. The molecule has 2 unspecified atom stereocenters. The van der Waals surface area contributed by atoms with Crippen LogP contribution < -0.4 is 9.47 Å². The number of alkyl halides is 4. The minimum atomic E-state index is -4.84. The maximum absolute atomic E-state index is 13.3. The molecule has 8 nitrogen and oxygen atoms in total. The first kappa shape index (κ1) is 18.9. The van der Waals surface area contributed by atoms with Crippen LogP contribution >= 0.6 is 0 Å². The van der Waals surface area contributed by atoms with E-state index in [2.05, 4.69) is 14.7 Å². The van der Waals surface area contributed by atoms with E-state index in [0.29, 0.717) is 0 Å². The minimum absolute atomic E-state index is 0.0190. The first-order chi connectivity index (χ1) is 12.7. The van der Waals surface area contributed by atoms with Crippen LogP contribution in [0.2, 0.25) is 0 Å². The lowest BCUT2D eigenvalue weighted by molar-refractivity contribution is -0.276. The number of rotatable bonds is 5. The van der Waals surface area contributed by atoms with Gasteiger partial charge in [-0.15, -0.1) is 13.2 Å². The standard InChI is InChI=1S/C15H13F4N3O5/c16-9-4-22(5-11(9)23)14(24)10-6-26-13(21-10)7-25-8-1-2-12(20-3-8)27-15(17,18)19/h1-3,6,9,11,23H,4-5,7H2. The van der Waals surface area contributed by atoms with Gasteiger partial charge in [0.2, 0.25) is 11.8 Å². The van der Waals surface area contributed by atoms with Gasteiger partial charge in [-0.2, -0.15) is 0 Å². The Kier molecular flexibility index (Phi) is 5.17. The fraction of sp³-hybridized carbons (Fsp3) is 0.400. The zero-order chi connectivity index (χ0) is 19.6. The highest BCUT2D eigenvalue weighted by Gasteiger charge is 2.35. The lowest BCUT2D eigenvalue weighted by atomic mass is 10.3. The number of β-amino-alcohol motifs (C(OH)–C–C–N with tert-alkyl or cyclic N) is 1. The summed E-state index contributed by atoms with van der Waals surface area (Å²) >= 11 is 0. The summed E-state index contributed by atoms with van der Waals surface area (Å²) in [5.74, 6) is -1.10. The number of ether oxygens (including phenoxy) is 2. The molecule has 0 radical (unpaired) electrons. The fourth-order valence-electron chi connectivity index (χ4n) is 2.33. The van der Waals surface area contributed by atoms with E-state index in [1.807, 2.05) is 0 Å². The topological polar surface area (TPSA) is 97.9 Å². The van der Waals surface area contributed by atoms with Crippen molar-refractivity contribution in [3.05, 3.63) is 36.2 Å². The van der Waals surface area contributed by atoms with Crippen molar-refractivity contribution < 1.29 is 41.4 Å². The van der Waals surface area contributed by atoms with Crippen LogP contribution in [0.1, 0.15) is 16.4 Å². The Bertz CT molecular complexity index is 785. The fourth-order valence-corrected chi connectivity index (χ4v) is 2.33.